The second-order valence-electron chi connectivity index (χ2n) is 2.71. The van der Waals surface area contributed by atoms with Crippen LogP contribution in [0.3, 0.4) is 0 Å². The van der Waals surface area contributed by atoms with Crippen molar-refractivity contribution in [2.75, 3.05) is 6.54 Å². The number of aromatic nitrogens is 2. The summed E-state index contributed by atoms with van der Waals surface area (Å²) < 4.78 is 0.862. The van der Waals surface area contributed by atoms with E-state index >= 15 is 0 Å². The van der Waals surface area contributed by atoms with Crippen molar-refractivity contribution in [2.45, 2.75) is 20.8 Å². The summed E-state index contributed by atoms with van der Waals surface area (Å²) in [7, 11) is 0. The van der Waals surface area contributed by atoms with E-state index < -0.39 is 0 Å². The zero-order chi connectivity index (χ0) is 10.0. The first-order chi connectivity index (χ1) is 6.06. The highest BCUT2D eigenvalue weighted by Crippen LogP contribution is 2.20. The molecule has 0 N–H and O–H groups in total. The largest absolute Gasteiger partial charge is 0.298 e. The van der Waals surface area contributed by atoms with Gasteiger partial charge in [-0.25, -0.2) is 9.97 Å². The molecule has 0 fully saturated rings. The van der Waals surface area contributed by atoms with E-state index in [9.17, 15) is 4.91 Å². The summed E-state index contributed by atoms with van der Waals surface area (Å²) in [4.78, 5) is 19.2. The van der Waals surface area contributed by atoms with Crippen LogP contribution in [0.5, 0.6) is 0 Å². The Balaban J connectivity index is 3.28. The van der Waals surface area contributed by atoms with Crippen LogP contribution in [0.25, 0.3) is 0 Å². The first-order valence-electron chi connectivity index (χ1n) is 4.01. The van der Waals surface area contributed by atoms with Crippen LogP contribution in [-0.2, 0) is 0 Å². The monoisotopic (exact) mass is 200 g/mol. The maximum atomic E-state index is 11.4. The fraction of sp³-hybridized carbons (Fsp3) is 0.500. The molecule has 0 aliphatic heterocycles. The average molecular weight is 201 g/mol. The first-order valence-corrected chi connectivity index (χ1v) is 4.39. The third-order valence-corrected chi connectivity index (χ3v) is 1.91. The van der Waals surface area contributed by atoms with E-state index in [1.807, 2.05) is 0 Å². The minimum atomic E-state index is 0.184. The topological polar surface area (TPSA) is 45.9 Å². The van der Waals surface area contributed by atoms with E-state index in [4.69, 9.17) is 11.6 Å². The minimum absolute atomic E-state index is 0.184. The van der Waals surface area contributed by atoms with Gasteiger partial charge in [-0.05, 0) is 32.4 Å². The van der Waals surface area contributed by atoms with Gasteiger partial charge in [0.05, 0.1) is 0 Å². The lowest BCUT2D eigenvalue weighted by molar-refractivity contribution is -0.460. The van der Waals surface area contributed by atoms with Gasteiger partial charge in [0, 0.05) is 9.67 Å². The molecule has 1 aromatic rings. The molecule has 5 heteroatoms. The lowest BCUT2D eigenvalue weighted by Crippen LogP contribution is -2.06. The summed E-state index contributed by atoms with van der Waals surface area (Å²) in [6.07, 6.45) is 0. The van der Waals surface area contributed by atoms with E-state index in [0.29, 0.717) is 23.6 Å². The fourth-order valence-electron chi connectivity index (χ4n) is 1.19. The predicted molar refractivity (Wildman–Crippen MR) is 50.3 cm³/mol. The SMILES string of the molecule is CC[N+](=O)c1c(C)nc(Cl)nc1C. The lowest BCUT2D eigenvalue weighted by atomic mass is 10.3. The van der Waals surface area contributed by atoms with E-state index in [1.54, 1.807) is 20.8 Å². The molecule has 4 nitrogen and oxygen atoms in total. The molecular formula is C8H11ClN3O+. The first kappa shape index (κ1) is 10.1. The van der Waals surface area contributed by atoms with Crippen LogP contribution in [0.15, 0.2) is 0 Å². The van der Waals surface area contributed by atoms with Crippen molar-refractivity contribution in [1.29, 1.82) is 0 Å². The van der Waals surface area contributed by atoms with Crippen LogP contribution in [0.1, 0.15) is 18.3 Å². The third kappa shape index (κ3) is 2.01. The lowest BCUT2D eigenvalue weighted by Gasteiger charge is -1.99. The summed E-state index contributed by atoms with van der Waals surface area (Å²) in [5.41, 5.74) is 1.76. The molecule has 0 radical (unpaired) electrons. The Morgan fingerprint density at radius 3 is 2.15 bits per heavy atom. The quantitative estimate of drug-likeness (QED) is 0.543. The Morgan fingerprint density at radius 2 is 1.77 bits per heavy atom. The van der Waals surface area contributed by atoms with Gasteiger partial charge < -0.3 is 0 Å². The van der Waals surface area contributed by atoms with Gasteiger partial charge in [0.25, 0.3) is 5.69 Å². The second kappa shape index (κ2) is 3.79. The number of rotatable bonds is 2. The number of aryl methyl sites for hydroxylation is 2. The third-order valence-electron chi connectivity index (χ3n) is 1.74. The fourth-order valence-corrected chi connectivity index (χ4v) is 1.44. The summed E-state index contributed by atoms with van der Waals surface area (Å²) in [5, 5.41) is 0.184. The number of halogens is 1. The van der Waals surface area contributed by atoms with Crippen LogP contribution in [0, 0.1) is 18.8 Å². The van der Waals surface area contributed by atoms with Crippen molar-refractivity contribution in [3.8, 4) is 0 Å². The zero-order valence-electron chi connectivity index (χ0n) is 7.83. The van der Waals surface area contributed by atoms with Crippen LogP contribution in [-0.4, -0.2) is 21.3 Å². The average Bonchev–Trinajstić information content (AvgIpc) is 2.02. The Labute approximate surface area is 81.5 Å². The predicted octanol–water partition coefficient (Wildman–Crippen LogP) is 2.18. The zero-order valence-corrected chi connectivity index (χ0v) is 8.59. The van der Waals surface area contributed by atoms with E-state index in [0.717, 1.165) is 4.76 Å². The Hall–Kier alpha value is -1.03. The van der Waals surface area contributed by atoms with E-state index in [-0.39, 0.29) is 5.28 Å². The molecule has 0 saturated heterocycles. The highest BCUT2D eigenvalue weighted by Gasteiger charge is 2.20. The van der Waals surface area contributed by atoms with Crippen molar-refractivity contribution in [3.63, 3.8) is 0 Å². The van der Waals surface area contributed by atoms with Crippen molar-refractivity contribution < 1.29 is 4.76 Å². The molecule has 0 amide bonds. The van der Waals surface area contributed by atoms with Crippen LogP contribution in [0.2, 0.25) is 5.28 Å². The number of nitroso groups, excluding NO2 is 1. The van der Waals surface area contributed by atoms with Gasteiger partial charge in [-0.15, -0.1) is 0 Å². The van der Waals surface area contributed by atoms with Crippen LogP contribution >= 0.6 is 11.6 Å². The summed E-state index contributed by atoms with van der Waals surface area (Å²) in [6, 6.07) is 0. The Bertz CT molecular complexity index is 328. The molecule has 13 heavy (non-hydrogen) atoms. The summed E-state index contributed by atoms with van der Waals surface area (Å²) in [6.45, 7) is 5.65. The minimum Gasteiger partial charge on any atom is -0.216 e. The van der Waals surface area contributed by atoms with Crippen molar-refractivity contribution >= 4 is 17.3 Å². The molecule has 0 saturated carbocycles. The summed E-state index contributed by atoms with van der Waals surface area (Å²) in [5.74, 6) is 0. The van der Waals surface area contributed by atoms with Gasteiger partial charge >= 0.3 is 0 Å². The molecule has 70 valence electrons. The van der Waals surface area contributed by atoms with Gasteiger partial charge in [-0.2, -0.15) is 0 Å². The molecule has 0 spiro atoms. The molecule has 0 aliphatic carbocycles. The molecule has 0 aliphatic rings. The van der Waals surface area contributed by atoms with Crippen molar-refractivity contribution in [1.82, 2.24) is 9.97 Å². The molecule has 0 aromatic carbocycles. The number of hydrogen-bond acceptors (Lipinski definition) is 3. The molecule has 0 bridgehead atoms. The second-order valence-corrected chi connectivity index (χ2v) is 3.04. The van der Waals surface area contributed by atoms with Gasteiger partial charge in [0.2, 0.25) is 5.28 Å². The van der Waals surface area contributed by atoms with Crippen LogP contribution in [0.4, 0.5) is 5.69 Å². The van der Waals surface area contributed by atoms with Gasteiger partial charge in [-0.1, -0.05) is 0 Å². The molecule has 1 heterocycles. The number of hydrogen-bond donors (Lipinski definition) is 0. The maximum Gasteiger partial charge on any atom is 0.298 e. The summed E-state index contributed by atoms with van der Waals surface area (Å²) >= 11 is 5.63. The standard InChI is InChI=1S/C8H11ClN3O/c1-4-12(13)7-5(2)10-8(9)11-6(7)3/h4H2,1-3H3/q+1. The van der Waals surface area contributed by atoms with Gasteiger partial charge in [-0.3, -0.25) is 0 Å². The Morgan fingerprint density at radius 1 is 1.31 bits per heavy atom. The molecule has 0 unspecified atom stereocenters. The molecule has 1 aromatic heterocycles. The number of nitrogens with zero attached hydrogens (tertiary/aromatic N) is 3. The van der Waals surface area contributed by atoms with Crippen LogP contribution < -0.4 is 0 Å². The van der Waals surface area contributed by atoms with Crippen molar-refractivity contribution in [3.05, 3.63) is 21.6 Å². The smallest absolute Gasteiger partial charge is 0.216 e. The van der Waals surface area contributed by atoms with Gasteiger partial charge in [0.15, 0.2) is 6.54 Å². The Kier molecular flexibility index (Phi) is 2.93. The molecule has 0 atom stereocenters. The van der Waals surface area contributed by atoms with Crippen molar-refractivity contribution in [2.24, 2.45) is 0 Å². The molecule has 1 rings (SSSR count). The van der Waals surface area contributed by atoms with E-state index in [1.165, 1.54) is 0 Å². The van der Waals surface area contributed by atoms with Gasteiger partial charge in [0.1, 0.15) is 11.4 Å². The molecular weight excluding hydrogens is 190 g/mol. The normalized spacial score (nSPS) is 10.2. The van der Waals surface area contributed by atoms with E-state index in [2.05, 4.69) is 9.97 Å². The maximum absolute atomic E-state index is 11.4. The highest BCUT2D eigenvalue weighted by atomic mass is 35.5. The highest BCUT2D eigenvalue weighted by molar-refractivity contribution is 6.28.